The molecule has 3 fully saturated rings. The summed E-state index contributed by atoms with van der Waals surface area (Å²) in [5.41, 5.74) is 0.951. The normalized spacial score (nSPS) is 19.6. The summed E-state index contributed by atoms with van der Waals surface area (Å²) in [6.07, 6.45) is 14.2. The van der Waals surface area contributed by atoms with E-state index in [-0.39, 0.29) is 0 Å². The molecule has 0 bridgehead atoms. The Morgan fingerprint density at radius 3 is 2.57 bits per heavy atom. The van der Waals surface area contributed by atoms with E-state index in [4.69, 9.17) is 4.98 Å². The molecule has 2 N–H and O–H groups in total. The van der Waals surface area contributed by atoms with E-state index < -0.39 is 0 Å². The van der Waals surface area contributed by atoms with Gasteiger partial charge >= 0.3 is 0 Å². The lowest BCUT2D eigenvalue weighted by atomic mass is 10.1. The molecule has 10 nitrogen and oxygen atoms in total. The third-order valence-electron chi connectivity index (χ3n) is 7.03. The molecule has 2 aliphatic heterocycles. The Bertz CT molecular complexity index is 1130. The predicted molar refractivity (Wildman–Crippen MR) is 148 cm³/mol. The van der Waals surface area contributed by atoms with Crippen LogP contribution in [-0.2, 0) is 4.79 Å². The van der Waals surface area contributed by atoms with Gasteiger partial charge in [-0.2, -0.15) is 4.98 Å². The predicted octanol–water partition coefficient (Wildman–Crippen LogP) is 4.01. The van der Waals surface area contributed by atoms with Gasteiger partial charge in [0, 0.05) is 50.2 Å². The molecule has 200 valence electrons. The highest BCUT2D eigenvalue weighted by Crippen LogP contribution is 2.29. The van der Waals surface area contributed by atoms with Gasteiger partial charge in [0.15, 0.2) is 5.82 Å². The summed E-state index contributed by atoms with van der Waals surface area (Å²) in [4.78, 5) is 24.1. The van der Waals surface area contributed by atoms with Crippen LogP contribution in [0.5, 0.6) is 0 Å². The first-order chi connectivity index (χ1) is 18.1. The van der Waals surface area contributed by atoms with Crippen LogP contribution in [0.1, 0.15) is 58.4 Å². The Balaban J connectivity index is 0.000000192. The minimum atomic E-state index is 0.386. The Morgan fingerprint density at radius 1 is 1.11 bits per heavy atom. The van der Waals surface area contributed by atoms with Gasteiger partial charge in [-0.05, 0) is 71.0 Å². The molecule has 1 atom stereocenters. The maximum absolute atomic E-state index is 10.2. The number of nitrogens with one attached hydrogen (secondary N) is 2. The van der Waals surface area contributed by atoms with Crippen molar-refractivity contribution in [1.29, 1.82) is 0 Å². The SMILES string of the molecule is C=C.CC(C)n1cnc(Nc2nc(N3CCCC3)nn3cccc23)c1.O=CN[C@@H]1CCCN(C2CC2)C1. The van der Waals surface area contributed by atoms with Crippen molar-refractivity contribution in [3.8, 4) is 0 Å². The lowest BCUT2D eigenvalue weighted by Crippen LogP contribution is -2.46. The van der Waals surface area contributed by atoms with Crippen molar-refractivity contribution in [2.75, 3.05) is 36.4 Å². The van der Waals surface area contributed by atoms with Crippen molar-refractivity contribution in [1.82, 2.24) is 34.4 Å². The smallest absolute Gasteiger partial charge is 0.245 e. The van der Waals surface area contributed by atoms with Crippen molar-refractivity contribution >= 4 is 29.5 Å². The fourth-order valence-corrected chi connectivity index (χ4v) is 4.88. The number of anilines is 3. The zero-order valence-electron chi connectivity index (χ0n) is 22.2. The quantitative estimate of drug-likeness (QED) is 0.368. The molecule has 0 aromatic carbocycles. The third kappa shape index (κ3) is 6.88. The van der Waals surface area contributed by atoms with Crippen LogP contribution in [0.15, 0.2) is 44.0 Å². The average molecular weight is 508 g/mol. The van der Waals surface area contributed by atoms with E-state index in [1.807, 2.05) is 35.4 Å². The molecule has 10 heteroatoms. The number of rotatable bonds is 7. The molecular weight excluding hydrogens is 466 g/mol. The van der Waals surface area contributed by atoms with Crippen molar-refractivity contribution in [2.24, 2.45) is 0 Å². The van der Waals surface area contributed by atoms with E-state index in [0.29, 0.717) is 12.1 Å². The van der Waals surface area contributed by atoms with Gasteiger partial charge in [0.25, 0.3) is 0 Å². The summed E-state index contributed by atoms with van der Waals surface area (Å²) in [7, 11) is 0. The average Bonchev–Trinajstić information content (AvgIpc) is 3.29. The van der Waals surface area contributed by atoms with Gasteiger partial charge in [0.05, 0.1) is 6.33 Å². The maximum atomic E-state index is 10.2. The highest BCUT2D eigenvalue weighted by Gasteiger charge is 2.32. The fraction of sp³-hybridized carbons (Fsp3) is 0.556. The Kier molecular flexibility index (Phi) is 9.16. The van der Waals surface area contributed by atoms with E-state index in [1.165, 1.54) is 38.6 Å². The highest BCUT2D eigenvalue weighted by atomic mass is 16.1. The van der Waals surface area contributed by atoms with Gasteiger partial charge < -0.3 is 20.1 Å². The van der Waals surface area contributed by atoms with Crippen LogP contribution in [0.25, 0.3) is 5.52 Å². The molecule has 5 heterocycles. The molecule has 6 rings (SSSR count). The number of carbonyl (C=O) groups excluding carboxylic acids is 1. The first-order valence-electron chi connectivity index (χ1n) is 13.5. The number of imidazole rings is 1. The number of piperidine rings is 1. The first kappa shape index (κ1) is 26.7. The lowest BCUT2D eigenvalue weighted by Gasteiger charge is -2.32. The molecule has 0 unspecified atom stereocenters. The maximum Gasteiger partial charge on any atom is 0.245 e. The second-order valence-corrected chi connectivity index (χ2v) is 10.1. The van der Waals surface area contributed by atoms with Gasteiger partial charge in [-0.1, -0.05) is 0 Å². The van der Waals surface area contributed by atoms with E-state index in [0.717, 1.165) is 61.6 Å². The number of hydrogen-bond donors (Lipinski definition) is 2. The van der Waals surface area contributed by atoms with Crippen LogP contribution in [0.4, 0.5) is 17.6 Å². The largest absolute Gasteiger partial charge is 0.355 e. The van der Waals surface area contributed by atoms with Crippen molar-refractivity contribution in [2.45, 2.75) is 70.5 Å². The Morgan fingerprint density at radius 2 is 1.89 bits per heavy atom. The van der Waals surface area contributed by atoms with Crippen LogP contribution in [-0.4, -0.2) is 73.7 Å². The molecule has 3 aliphatic rings. The lowest BCUT2D eigenvalue weighted by molar-refractivity contribution is -0.110. The Labute approximate surface area is 219 Å². The van der Waals surface area contributed by atoms with E-state index in [2.05, 4.69) is 62.1 Å². The molecule has 0 radical (unpaired) electrons. The van der Waals surface area contributed by atoms with Gasteiger partial charge in [0.2, 0.25) is 12.4 Å². The molecule has 1 aliphatic carbocycles. The number of likely N-dealkylation sites (tertiary alicyclic amines) is 1. The number of carbonyl (C=O) groups is 1. The standard InChI is InChI=1S/C16H21N7.C9H16N2O.C2H4/c1-12(2)22-10-14(17-11-22)18-15-13-6-5-9-23(13)20-16(19-15)21-7-3-4-8-21;12-7-10-8-2-1-5-11(6-8)9-3-4-9;1-2/h5-6,9-12H,3-4,7-8H2,1-2H3,(H,18,19,20);7-9H,1-6H2,(H,10,12);1-2H2/t;8-;/m.1./s1. The molecule has 1 saturated carbocycles. The minimum Gasteiger partial charge on any atom is -0.355 e. The zero-order chi connectivity index (χ0) is 26.2. The minimum absolute atomic E-state index is 0.386. The summed E-state index contributed by atoms with van der Waals surface area (Å²) in [6, 6.07) is 5.64. The Hall–Kier alpha value is -3.40. The first-order valence-corrected chi connectivity index (χ1v) is 13.5. The number of nitrogens with zero attached hydrogens (tertiary/aromatic N) is 7. The summed E-state index contributed by atoms with van der Waals surface area (Å²) >= 11 is 0. The van der Waals surface area contributed by atoms with Crippen molar-refractivity contribution < 1.29 is 4.79 Å². The second kappa shape index (κ2) is 12.7. The van der Waals surface area contributed by atoms with Gasteiger partial charge in [-0.3, -0.25) is 9.69 Å². The topological polar surface area (TPSA) is 95.6 Å². The van der Waals surface area contributed by atoms with Gasteiger partial charge in [-0.15, -0.1) is 18.3 Å². The van der Waals surface area contributed by atoms with Crippen molar-refractivity contribution in [3.05, 3.63) is 44.0 Å². The number of fused-ring (bicyclic) bond motifs is 1. The van der Waals surface area contributed by atoms with Crippen molar-refractivity contribution in [3.63, 3.8) is 0 Å². The fourth-order valence-electron chi connectivity index (χ4n) is 4.88. The van der Waals surface area contributed by atoms with E-state index in [9.17, 15) is 4.79 Å². The molecule has 0 spiro atoms. The monoisotopic (exact) mass is 507 g/mol. The summed E-state index contributed by atoms with van der Waals surface area (Å²) in [6.45, 7) is 14.6. The van der Waals surface area contributed by atoms with E-state index in [1.54, 1.807) is 0 Å². The van der Waals surface area contributed by atoms with Crippen LogP contribution in [0.3, 0.4) is 0 Å². The molecule has 2 saturated heterocycles. The molecule has 3 aromatic heterocycles. The number of hydrogen-bond acceptors (Lipinski definition) is 7. The highest BCUT2D eigenvalue weighted by molar-refractivity contribution is 5.72. The second-order valence-electron chi connectivity index (χ2n) is 10.1. The van der Waals surface area contributed by atoms with Crippen LogP contribution < -0.4 is 15.5 Å². The van der Waals surface area contributed by atoms with Gasteiger partial charge in [-0.25, -0.2) is 9.50 Å². The van der Waals surface area contributed by atoms with Crippen LogP contribution >= 0.6 is 0 Å². The van der Waals surface area contributed by atoms with Crippen LogP contribution in [0, 0.1) is 0 Å². The molecule has 37 heavy (non-hydrogen) atoms. The number of aromatic nitrogens is 5. The molecular formula is C27H41N9O. The summed E-state index contributed by atoms with van der Waals surface area (Å²) in [5, 5.41) is 10.8. The number of amides is 1. The zero-order valence-corrected chi connectivity index (χ0v) is 22.2. The van der Waals surface area contributed by atoms with E-state index >= 15 is 0 Å². The molecule has 1 amide bonds. The third-order valence-corrected chi connectivity index (χ3v) is 7.03. The molecule has 3 aromatic rings. The van der Waals surface area contributed by atoms with Crippen LogP contribution in [0.2, 0.25) is 0 Å². The summed E-state index contributed by atoms with van der Waals surface area (Å²) in [5.74, 6) is 2.37. The summed E-state index contributed by atoms with van der Waals surface area (Å²) < 4.78 is 3.95. The van der Waals surface area contributed by atoms with Gasteiger partial charge in [0.1, 0.15) is 11.3 Å².